The lowest BCUT2D eigenvalue weighted by Gasteiger charge is -2.39. The number of nitriles is 1. The number of amides is 1. The van der Waals surface area contributed by atoms with Gasteiger partial charge in [0.1, 0.15) is 12.6 Å². The second kappa shape index (κ2) is 7.07. The van der Waals surface area contributed by atoms with Crippen LogP contribution in [0.1, 0.15) is 19.8 Å². The predicted molar refractivity (Wildman–Crippen MR) is 99.1 cm³/mol. The predicted octanol–water partition coefficient (Wildman–Crippen LogP) is 2.11. The first kappa shape index (κ1) is 17.0. The van der Waals surface area contributed by atoms with E-state index in [-0.39, 0.29) is 18.7 Å². The molecule has 4 rings (SSSR count). The third kappa shape index (κ3) is 3.21. The van der Waals surface area contributed by atoms with E-state index in [9.17, 15) is 4.79 Å². The number of hydrogen-bond acceptors (Lipinski definition) is 7. The highest BCUT2D eigenvalue weighted by Gasteiger charge is 2.29. The number of carbonyl (C=O) groups excluding carboxylic acids is 1. The number of pyridine rings is 1. The first-order valence-corrected chi connectivity index (χ1v) is 8.82. The van der Waals surface area contributed by atoms with Crippen LogP contribution in [0.4, 0.5) is 10.5 Å². The number of nitrogens with one attached hydrogen (secondary N) is 2. The summed E-state index contributed by atoms with van der Waals surface area (Å²) in [5.74, 6) is 0. The SMILES string of the molecule is CC1CCC(OC(=O)NCC#N)CN1c1cn[nH]c2cnc3nccc3c12. The summed E-state index contributed by atoms with van der Waals surface area (Å²) in [6.45, 7) is 2.64. The van der Waals surface area contributed by atoms with Gasteiger partial charge in [-0.3, -0.25) is 5.10 Å². The Morgan fingerprint density at radius 1 is 1.44 bits per heavy atom. The van der Waals surface area contributed by atoms with Crippen LogP contribution in [0.25, 0.3) is 21.9 Å². The monoisotopic (exact) mass is 365 g/mol. The largest absolute Gasteiger partial charge is 0.444 e. The Hall–Kier alpha value is -3.41. The molecule has 2 unspecified atom stereocenters. The summed E-state index contributed by atoms with van der Waals surface area (Å²) in [5.41, 5.74) is 2.48. The van der Waals surface area contributed by atoms with Gasteiger partial charge in [0.25, 0.3) is 0 Å². The molecule has 1 fully saturated rings. The summed E-state index contributed by atoms with van der Waals surface area (Å²) in [7, 11) is 0. The van der Waals surface area contributed by atoms with E-state index < -0.39 is 6.09 Å². The summed E-state index contributed by atoms with van der Waals surface area (Å²) < 4.78 is 5.48. The Morgan fingerprint density at radius 2 is 2.33 bits per heavy atom. The number of H-pyrrole nitrogens is 1. The molecule has 0 saturated carbocycles. The number of aromatic nitrogens is 4. The lowest BCUT2D eigenvalue weighted by molar-refractivity contribution is 0.0848. The average molecular weight is 365 g/mol. The first-order chi connectivity index (χ1) is 13.2. The number of alkyl carbamates (subject to hydrolysis) is 1. The molecule has 138 valence electrons. The highest BCUT2D eigenvalue weighted by molar-refractivity contribution is 6.09. The van der Waals surface area contributed by atoms with Gasteiger partial charge in [-0.25, -0.2) is 14.8 Å². The van der Waals surface area contributed by atoms with Gasteiger partial charge in [-0.05, 0) is 25.8 Å². The summed E-state index contributed by atoms with van der Waals surface area (Å²) in [5, 5.41) is 20.2. The van der Waals surface area contributed by atoms with Crippen LogP contribution in [0.2, 0.25) is 0 Å². The fourth-order valence-corrected chi connectivity index (χ4v) is 3.58. The van der Waals surface area contributed by atoms with Gasteiger partial charge in [-0.15, -0.1) is 0 Å². The maximum atomic E-state index is 11.8. The standard InChI is InChI=1S/C18H19N7O2/c1-11-2-3-12(27-18(26)21-7-5-19)10-25(11)15-9-23-24-14-8-22-17-13(16(14)15)4-6-20-17/h4,6,8-9,11-12,24H,2-3,7,10H2,1H3,(H,21,26). The van der Waals surface area contributed by atoms with Crippen LogP contribution in [-0.4, -0.2) is 51.5 Å². The van der Waals surface area contributed by atoms with Gasteiger partial charge in [-0.1, -0.05) is 0 Å². The molecule has 3 aromatic rings. The molecular formula is C18H19N7O2. The molecule has 0 spiro atoms. The number of hydrogen-bond donors (Lipinski definition) is 2. The van der Waals surface area contributed by atoms with E-state index in [1.54, 1.807) is 18.6 Å². The summed E-state index contributed by atoms with van der Waals surface area (Å²) in [6.07, 6.45) is 6.11. The second-order valence-electron chi connectivity index (χ2n) is 6.60. The average Bonchev–Trinajstić information content (AvgIpc) is 3.16. The van der Waals surface area contributed by atoms with Gasteiger partial charge < -0.3 is 15.0 Å². The summed E-state index contributed by atoms with van der Waals surface area (Å²) >= 11 is 0. The minimum atomic E-state index is -0.563. The lowest BCUT2D eigenvalue weighted by Crippen LogP contribution is -2.47. The molecule has 0 aliphatic carbocycles. The third-order valence-corrected chi connectivity index (χ3v) is 4.90. The highest BCUT2D eigenvalue weighted by Crippen LogP contribution is 2.34. The zero-order chi connectivity index (χ0) is 18.8. The van der Waals surface area contributed by atoms with E-state index in [2.05, 4.69) is 37.3 Å². The number of piperidine rings is 1. The first-order valence-electron chi connectivity index (χ1n) is 8.82. The molecule has 2 atom stereocenters. The number of ether oxygens (including phenoxy) is 1. The second-order valence-corrected chi connectivity index (χ2v) is 6.60. The normalized spacial score (nSPS) is 19.8. The Bertz CT molecular complexity index is 1030. The maximum Gasteiger partial charge on any atom is 0.408 e. The van der Waals surface area contributed by atoms with Crippen LogP contribution < -0.4 is 10.2 Å². The van der Waals surface area contributed by atoms with Gasteiger partial charge in [0, 0.05) is 23.0 Å². The van der Waals surface area contributed by atoms with Gasteiger partial charge in [0.2, 0.25) is 0 Å². The molecule has 1 saturated heterocycles. The van der Waals surface area contributed by atoms with Crippen molar-refractivity contribution in [3.63, 3.8) is 0 Å². The van der Waals surface area contributed by atoms with E-state index in [1.165, 1.54) is 0 Å². The van der Waals surface area contributed by atoms with Crippen molar-refractivity contribution in [1.82, 2.24) is 25.5 Å². The highest BCUT2D eigenvalue weighted by atomic mass is 16.6. The molecule has 9 nitrogen and oxygen atoms in total. The molecular weight excluding hydrogens is 346 g/mol. The summed E-state index contributed by atoms with van der Waals surface area (Å²) in [6, 6.07) is 4.08. The zero-order valence-electron chi connectivity index (χ0n) is 14.8. The van der Waals surface area contributed by atoms with Gasteiger partial charge in [0.15, 0.2) is 5.65 Å². The van der Waals surface area contributed by atoms with E-state index in [1.807, 2.05) is 12.1 Å². The number of aromatic amines is 1. The van der Waals surface area contributed by atoms with Crippen molar-refractivity contribution in [3.8, 4) is 6.07 Å². The van der Waals surface area contributed by atoms with E-state index in [4.69, 9.17) is 10.00 Å². The molecule has 0 bridgehead atoms. The van der Waals surface area contributed by atoms with Gasteiger partial charge >= 0.3 is 6.09 Å². The van der Waals surface area contributed by atoms with Gasteiger partial charge in [0.05, 0.1) is 36.2 Å². The molecule has 9 heteroatoms. The van der Waals surface area contributed by atoms with Crippen LogP contribution in [0.5, 0.6) is 0 Å². The van der Waals surface area contributed by atoms with Crippen LogP contribution in [-0.2, 0) is 4.74 Å². The van der Waals surface area contributed by atoms with Crippen LogP contribution in [0.3, 0.4) is 0 Å². The van der Waals surface area contributed by atoms with Crippen molar-refractivity contribution in [3.05, 3.63) is 24.7 Å². The molecule has 1 amide bonds. The van der Waals surface area contributed by atoms with E-state index in [0.29, 0.717) is 12.2 Å². The Kier molecular flexibility index (Phi) is 4.46. The van der Waals surface area contributed by atoms with Crippen molar-refractivity contribution in [1.29, 1.82) is 5.26 Å². The lowest BCUT2D eigenvalue weighted by atomic mass is 9.99. The quantitative estimate of drug-likeness (QED) is 0.682. The molecule has 4 heterocycles. The smallest absolute Gasteiger partial charge is 0.408 e. The molecule has 0 aromatic carbocycles. The third-order valence-electron chi connectivity index (χ3n) is 4.90. The molecule has 2 N–H and O–H groups in total. The summed E-state index contributed by atoms with van der Waals surface area (Å²) in [4.78, 5) is 22.7. The van der Waals surface area contributed by atoms with Crippen LogP contribution >= 0.6 is 0 Å². The van der Waals surface area contributed by atoms with Crippen molar-refractivity contribution in [2.75, 3.05) is 18.0 Å². The van der Waals surface area contributed by atoms with Crippen molar-refractivity contribution in [2.24, 2.45) is 0 Å². The minimum Gasteiger partial charge on any atom is -0.444 e. The van der Waals surface area contributed by atoms with E-state index >= 15 is 0 Å². The van der Waals surface area contributed by atoms with Crippen LogP contribution in [0, 0.1) is 11.3 Å². The van der Waals surface area contributed by atoms with E-state index in [0.717, 1.165) is 34.8 Å². The fraction of sp³-hybridized carbons (Fsp3) is 0.389. The Morgan fingerprint density at radius 3 is 3.19 bits per heavy atom. The topological polar surface area (TPSA) is 120 Å². The van der Waals surface area contributed by atoms with Crippen LogP contribution in [0.15, 0.2) is 24.7 Å². The molecule has 1 aliphatic rings. The van der Waals surface area contributed by atoms with Crippen molar-refractivity contribution in [2.45, 2.75) is 31.9 Å². The molecule has 0 radical (unpaired) electrons. The molecule has 3 aromatic heterocycles. The molecule has 27 heavy (non-hydrogen) atoms. The number of nitrogens with zero attached hydrogens (tertiary/aromatic N) is 5. The zero-order valence-corrected chi connectivity index (χ0v) is 14.8. The number of carbonyl (C=O) groups is 1. The van der Waals surface area contributed by atoms with Gasteiger partial charge in [-0.2, -0.15) is 10.4 Å². The number of fused-ring (bicyclic) bond motifs is 3. The minimum absolute atomic E-state index is 0.0658. The maximum absolute atomic E-state index is 11.8. The fourth-order valence-electron chi connectivity index (χ4n) is 3.58. The number of rotatable bonds is 3. The Labute approximate surface area is 155 Å². The Balaban J connectivity index is 1.66. The molecule has 1 aliphatic heterocycles. The van der Waals surface area contributed by atoms with Crippen molar-refractivity contribution < 1.29 is 9.53 Å². The van der Waals surface area contributed by atoms with Crippen molar-refractivity contribution >= 4 is 33.7 Å². The number of anilines is 1.